The third-order valence-corrected chi connectivity index (χ3v) is 1.73. The van der Waals surface area contributed by atoms with E-state index in [9.17, 15) is 0 Å². The summed E-state index contributed by atoms with van der Waals surface area (Å²) in [5.41, 5.74) is 8.60. The van der Waals surface area contributed by atoms with Crippen LogP contribution in [0.25, 0.3) is 0 Å². The Morgan fingerprint density at radius 3 is 2.58 bits per heavy atom. The number of rotatable bonds is 4. The van der Waals surface area contributed by atoms with Gasteiger partial charge in [-0.15, -0.1) is 9.32 Å². The van der Waals surface area contributed by atoms with Crippen LogP contribution < -0.4 is 11.2 Å². The summed E-state index contributed by atoms with van der Waals surface area (Å²) >= 11 is 1.11. The molecule has 5 heteroatoms. The zero-order valence-corrected chi connectivity index (χ0v) is 7.43. The van der Waals surface area contributed by atoms with Crippen molar-refractivity contribution in [3.05, 3.63) is 24.3 Å². The van der Waals surface area contributed by atoms with E-state index < -0.39 is 0 Å². The molecule has 0 unspecified atom stereocenters. The molecule has 0 aliphatic carbocycles. The molecule has 3 N–H and O–H groups in total. The van der Waals surface area contributed by atoms with Crippen LogP contribution in [0.4, 0.5) is 5.69 Å². The Morgan fingerprint density at radius 2 is 2.00 bits per heavy atom. The second kappa shape index (κ2) is 5.00. The normalized spacial score (nSPS) is 10.1. The number of hydroxylamine groups is 1. The Hall–Kier alpha value is -0.750. The van der Waals surface area contributed by atoms with Gasteiger partial charge in [0.05, 0.1) is 12.0 Å². The zero-order valence-electron chi connectivity index (χ0n) is 6.61. The van der Waals surface area contributed by atoms with Gasteiger partial charge in [0, 0.05) is 17.6 Å². The molecule has 0 atom stereocenters. The Morgan fingerprint density at radius 1 is 1.33 bits per heavy atom. The molecule has 66 valence electrons. The highest BCUT2D eigenvalue weighted by atomic mass is 32.2. The summed E-state index contributed by atoms with van der Waals surface area (Å²) in [5.74, 6) is 0. The first kappa shape index (κ1) is 9.34. The molecule has 0 amide bonds. The van der Waals surface area contributed by atoms with Crippen LogP contribution in [0.1, 0.15) is 0 Å². The van der Waals surface area contributed by atoms with E-state index in [0.29, 0.717) is 0 Å². The standard InChI is InChI=1S/C7H10N2O2S/c1-9-10-11-12-7-4-2-6(8)3-5-7/h2-5,9H,8H2,1H3. The lowest BCUT2D eigenvalue weighted by molar-refractivity contribution is -0.237. The highest BCUT2D eigenvalue weighted by molar-refractivity contribution is 7.94. The first-order valence-corrected chi connectivity index (χ1v) is 4.09. The van der Waals surface area contributed by atoms with Crippen LogP contribution in [0.15, 0.2) is 29.2 Å². The quantitative estimate of drug-likeness (QED) is 0.244. The molecule has 1 rings (SSSR count). The third kappa shape index (κ3) is 3.10. The van der Waals surface area contributed by atoms with Gasteiger partial charge in [-0.2, -0.15) is 5.48 Å². The number of nitrogens with two attached hydrogens (primary N) is 1. The Kier molecular flexibility index (Phi) is 3.89. The highest BCUT2D eigenvalue weighted by Crippen LogP contribution is 2.19. The van der Waals surface area contributed by atoms with Crippen LogP contribution in [-0.2, 0) is 9.32 Å². The predicted octanol–water partition coefficient (Wildman–Crippen LogP) is 1.36. The fraction of sp³-hybridized carbons (Fsp3) is 0.143. The molecule has 0 saturated heterocycles. The molecule has 0 spiro atoms. The Balaban J connectivity index is 2.37. The predicted molar refractivity (Wildman–Crippen MR) is 47.9 cm³/mol. The molecule has 0 heterocycles. The number of nitrogens with one attached hydrogen (secondary N) is 1. The molecule has 0 aliphatic heterocycles. The Labute approximate surface area is 75.1 Å². The van der Waals surface area contributed by atoms with Gasteiger partial charge in [0.2, 0.25) is 0 Å². The molecule has 0 radical (unpaired) electrons. The molecule has 0 saturated carbocycles. The number of nitrogen functional groups attached to an aromatic ring is 1. The molecule has 0 fully saturated rings. The lowest BCUT2D eigenvalue weighted by atomic mass is 10.3. The van der Waals surface area contributed by atoms with Gasteiger partial charge in [0.15, 0.2) is 0 Å². The van der Waals surface area contributed by atoms with Crippen LogP contribution in [0.2, 0.25) is 0 Å². The van der Waals surface area contributed by atoms with Gasteiger partial charge >= 0.3 is 0 Å². The SMILES string of the molecule is CNOOSc1ccc(N)cc1. The molecule has 1 aromatic rings. The van der Waals surface area contributed by atoms with Crippen molar-refractivity contribution in [2.24, 2.45) is 0 Å². The lowest BCUT2D eigenvalue weighted by Gasteiger charge is -1.99. The molecule has 12 heavy (non-hydrogen) atoms. The van der Waals surface area contributed by atoms with E-state index in [1.807, 2.05) is 12.1 Å². The number of hydrogen-bond acceptors (Lipinski definition) is 5. The maximum absolute atomic E-state index is 5.49. The lowest BCUT2D eigenvalue weighted by Crippen LogP contribution is -2.03. The van der Waals surface area contributed by atoms with E-state index >= 15 is 0 Å². The van der Waals surface area contributed by atoms with Crippen LogP contribution in [0.5, 0.6) is 0 Å². The zero-order chi connectivity index (χ0) is 8.81. The van der Waals surface area contributed by atoms with Gasteiger partial charge < -0.3 is 5.73 Å². The average Bonchev–Trinajstić information content (AvgIpc) is 2.09. The van der Waals surface area contributed by atoms with Crippen molar-refractivity contribution in [3.8, 4) is 0 Å². The summed E-state index contributed by atoms with van der Waals surface area (Å²) in [6.07, 6.45) is 0. The van der Waals surface area contributed by atoms with E-state index in [0.717, 1.165) is 22.6 Å². The van der Waals surface area contributed by atoms with Gasteiger partial charge in [-0.3, -0.25) is 0 Å². The Bertz CT molecular complexity index is 227. The van der Waals surface area contributed by atoms with Crippen molar-refractivity contribution < 1.29 is 9.32 Å². The van der Waals surface area contributed by atoms with Crippen LogP contribution in [0.3, 0.4) is 0 Å². The van der Waals surface area contributed by atoms with Gasteiger partial charge in [-0.25, -0.2) is 0 Å². The van der Waals surface area contributed by atoms with Crippen LogP contribution in [-0.4, -0.2) is 7.05 Å². The fourth-order valence-corrected chi connectivity index (χ4v) is 1.04. The molecular weight excluding hydrogens is 176 g/mol. The summed E-state index contributed by atoms with van der Waals surface area (Å²) in [5, 5.41) is 0. The second-order valence-corrected chi connectivity index (χ2v) is 2.78. The van der Waals surface area contributed by atoms with Crippen LogP contribution >= 0.6 is 12.0 Å². The van der Waals surface area contributed by atoms with E-state index in [4.69, 9.17) is 5.73 Å². The second-order valence-electron chi connectivity index (χ2n) is 2.01. The molecule has 0 aromatic heterocycles. The summed E-state index contributed by atoms with van der Waals surface area (Å²) < 4.78 is 4.67. The fourth-order valence-electron chi connectivity index (χ4n) is 0.614. The molecule has 1 aromatic carbocycles. The molecular formula is C7H10N2O2S. The maximum atomic E-state index is 5.49. The third-order valence-electron chi connectivity index (χ3n) is 1.13. The van der Waals surface area contributed by atoms with Crippen molar-refractivity contribution in [2.75, 3.05) is 12.8 Å². The smallest absolute Gasteiger partial charge is 0.0702 e. The van der Waals surface area contributed by atoms with Gasteiger partial charge in [-0.1, -0.05) is 0 Å². The first-order valence-electron chi connectivity index (χ1n) is 3.35. The van der Waals surface area contributed by atoms with Crippen LogP contribution in [0, 0.1) is 0 Å². The minimum Gasteiger partial charge on any atom is -0.399 e. The van der Waals surface area contributed by atoms with Gasteiger partial charge in [0.1, 0.15) is 0 Å². The van der Waals surface area contributed by atoms with Crippen molar-refractivity contribution in [1.29, 1.82) is 0 Å². The van der Waals surface area contributed by atoms with E-state index in [1.165, 1.54) is 0 Å². The minimum atomic E-state index is 0.730. The average molecular weight is 186 g/mol. The van der Waals surface area contributed by atoms with E-state index in [-0.39, 0.29) is 0 Å². The minimum absolute atomic E-state index is 0.730. The largest absolute Gasteiger partial charge is 0.399 e. The highest BCUT2D eigenvalue weighted by Gasteiger charge is 1.93. The van der Waals surface area contributed by atoms with Gasteiger partial charge in [-0.05, 0) is 24.3 Å². The summed E-state index contributed by atoms with van der Waals surface area (Å²) in [7, 11) is 1.61. The van der Waals surface area contributed by atoms with E-state index in [2.05, 4.69) is 14.8 Å². The monoisotopic (exact) mass is 186 g/mol. The number of anilines is 1. The molecule has 4 nitrogen and oxygen atoms in total. The summed E-state index contributed by atoms with van der Waals surface area (Å²) in [4.78, 5) is 5.38. The van der Waals surface area contributed by atoms with Crippen molar-refractivity contribution in [2.45, 2.75) is 4.90 Å². The topological polar surface area (TPSA) is 56.5 Å². The number of hydrogen-bond donors (Lipinski definition) is 2. The van der Waals surface area contributed by atoms with Crippen molar-refractivity contribution in [1.82, 2.24) is 5.48 Å². The summed E-state index contributed by atoms with van der Waals surface area (Å²) in [6, 6.07) is 7.29. The van der Waals surface area contributed by atoms with Crippen molar-refractivity contribution in [3.63, 3.8) is 0 Å². The van der Waals surface area contributed by atoms with Crippen molar-refractivity contribution >= 4 is 17.7 Å². The van der Waals surface area contributed by atoms with Gasteiger partial charge in [0.25, 0.3) is 0 Å². The molecule has 0 aliphatic rings. The first-order chi connectivity index (χ1) is 5.83. The number of benzene rings is 1. The molecule has 0 bridgehead atoms. The summed E-state index contributed by atoms with van der Waals surface area (Å²) in [6.45, 7) is 0. The maximum Gasteiger partial charge on any atom is 0.0702 e. The van der Waals surface area contributed by atoms with E-state index in [1.54, 1.807) is 19.2 Å².